The van der Waals surface area contributed by atoms with Crippen molar-refractivity contribution in [3.8, 4) is 0 Å². The van der Waals surface area contributed by atoms with Gasteiger partial charge in [0.15, 0.2) is 0 Å². The van der Waals surface area contributed by atoms with E-state index in [0.717, 1.165) is 21.6 Å². The first-order valence-corrected chi connectivity index (χ1v) is 7.25. The minimum atomic E-state index is -0.0442. The van der Waals surface area contributed by atoms with E-state index in [9.17, 15) is 4.79 Å². The average molecular weight is 272 g/mol. The molecule has 1 amide bonds. The Balaban J connectivity index is 2.08. The molecule has 1 aromatic heterocycles. The van der Waals surface area contributed by atoms with Crippen molar-refractivity contribution >= 4 is 17.7 Å². The third-order valence-corrected chi connectivity index (χ3v) is 3.59. The lowest BCUT2D eigenvalue weighted by atomic mass is 10.1. The second kappa shape index (κ2) is 6.38. The van der Waals surface area contributed by atoms with Gasteiger partial charge in [-0.3, -0.25) is 9.78 Å². The van der Waals surface area contributed by atoms with Crippen LogP contribution in [0.3, 0.4) is 0 Å². The molecule has 0 spiro atoms. The maximum Gasteiger partial charge on any atom is 0.251 e. The van der Waals surface area contributed by atoms with E-state index in [2.05, 4.69) is 10.3 Å². The number of carbonyl (C=O) groups is 1. The molecule has 0 aliphatic rings. The van der Waals surface area contributed by atoms with Crippen LogP contribution in [0.5, 0.6) is 0 Å². The number of hydrogen-bond acceptors (Lipinski definition) is 3. The first-order chi connectivity index (χ1) is 9.20. The number of rotatable bonds is 4. The zero-order chi connectivity index (χ0) is 13.7. The van der Waals surface area contributed by atoms with E-state index in [1.807, 2.05) is 43.5 Å². The standard InChI is InChI=1S/C15H16N2OS/c1-11-5-6-13(19-2)8-14(11)15(18)17-10-12-4-3-7-16-9-12/h3-9H,10H2,1-2H3,(H,17,18). The van der Waals surface area contributed by atoms with Crippen LogP contribution < -0.4 is 5.32 Å². The molecule has 0 saturated heterocycles. The first-order valence-electron chi connectivity index (χ1n) is 6.02. The number of benzene rings is 1. The van der Waals surface area contributed by atoms with E-state index in [-0.39, 0.29) is 5.91 Å². The molecule has 0 atom stereocenters. The van der Waals surface area contributed by atoms with Gasteiger partial charge < -0.3 is 5.32 Å². The van der Waals surface area contributed by atoms with Gasteiger partial charge in [0.1, 0.15) is 0 Å². The van der Waals surface area contributed by atoms with Crippen molar-refractivity contribution in [1.82, 2.24) is 10.3 Å². The van der Waals surface area contributed by atoms with Crippen LogP contribution in [0.15, 0.2) is 47.6 Å². The van der Waals surface area contributed by atoms with Crippen molar-refractivity contribution in [3.63, 3.8) is 0 Å². The van der Waals surface area contributed by atoms with Gasteiger partial charge in [-0.25, -0.2) is 0 Å². The Labute approximate surface area is 117 Å². The quantitative estimate of drug-likeness (QED) is 0.870. The summed E-state index contributed by atoms with van der Waals surface area (Å²) in [4.78, 5) is 17.3. The molecular weight excluding hydrogens is 256 g/mol. The molecular formula is C15H16N2OS. The second-order valence-corrected chi connectivity index (χ2v) is 5.10. The molecule has 4 heteroatoms. The number of nitrogens with zero attached hydrogens (tertiary/aromatic N) is 1. The highest BCUT2D eigenvalue weighted by atomic mass is 32.2. The molecule has 0 fully saturated rings. The predicted octanol–water partition coefficient (Wildman–Crippen LogP) is 3.04. The zero-order valence-corrected chi connectivity index (χ0v) is 11.8. The fraction of sp³-hybridized carbons (Fsp3) is 0.200. The van der Waals surface area contributed by atoms with Crippen LogP contribution in [-0.2, 0) is 6.54 Å². The third kappa shape index (κ3) is 3.58. The number of aryl methyl sites for hydroxylation is 1. The van der Waals surface area contributed by atoms with Crippen molar-refractivity contribution in [2.24, 2.45) is 0 Å². The lowest BCUT2D eigenvalue weighted by Gasteiger charge is -2.09. The van der Waals surface area contributed by atoms with Crippen LogP contribution in [0.2, 0.25) is 0 Å². The predicted molar refractivity (Wildman–Crippen MR) is 78.4 cm³/mol. The van der Waals surface area contributed by atoms with Gasteiger partial charge in [-0.1, -0.05) is 12.1 Å². The Morgan fingerprint density at radius 1 is 1.37 bits per heavy atom. The first kappa shape index (κ1) is 13.6. The Morgan fingerprint density at radius 2 is 2.21 bits per heavy atom. The van der Waals surface area contributed by atoms with Crippen LogP contribution in [0, 0.1) is 6.92 Å². The maximum atomic E-state index is 12.2. The molecule has 0 unspecified atom stereocenters. The van der Waals surface area contributed by atoms with Gasteiger partial charge >= 0.3 is 0 Å². The molecule has 2 rings (SSSR count). The summed E-state index contributed by atoms with van der Waals surface area (Å²) >= 11 is 1.63. The second-order valence-electron chi connectivity index (χ2n) is 4.22. The highest BCUT2D eigenvalue weighted by Crippen LogP contribution is 2.19. The maximum absolute atomic E-state index is 12.2. The zero-order valence-electron chi connectivity index (χ0n) is 11.0. The summed E-state index contributed by atoms with van der Waals surface area (Å²) < 4.78 is 0. The Bertz CT molecular complexity index is 570. The van der Waals surface area contributed by atoms with Gasteiger partial charge in [0, 0.05) is 29.4 Å². The van der Waals surface area contributed by atoms with Crippen molar-refractivity contribution in [1.29, 1.82) is 0 Å². The smallest absolute Gasteiger partial charge is 0.251 e. The topological polar surface area (TPSA) is 42.0 Å². The van der Waals surface area contributed by atoms with Gasteiger partial charge in [0.2, 0.25) is 0 Å². The third-order valence-electron chi connectivity index (χ3n) is 2.87. The van der Waals surface area contributed by atoms with Crippen LogP contribution in [0.4, 0.5) is 0 Å². The molecule has 0 aliphatic heterocycles. The summed E-state index contributed by atoms with van der Waals surface area (Å²) in [6.45, 7) is 2.44. The lowest BCUT2D eigenvalue weighted by Crippen LogP contribution is -2.23. The molecule has 19 heavy (non-hydrogen) atoms. The van der Waals surface area contributed by atoms with E-state index in [1.54, 1.807) is 24.2 Å². The average Bonchev–Trinajstić information content (AvgIpc) is 2.46. The summed E-state index contributed by atoms with van der Waals surface area (Å²) in [5, 5.41) is 2.92. The van der Waals surface area contributed by atoms with Crippen LogP contribution >= 0.6 is 11.8 Å². The van der Waals surface area contributed by atoms with Gasteiger partial charge in [-0.15, -0.1) is 11.8 Å². The van der Waals surface area contributed by atoms with Gasteiger partial charge in [-0.2, -0.15) is 0 Å². The number of amides is 1. The van der Waals surface area contributed by atoms with Gasteiger partial charge in [-0.05, 0) is 42.5 Å². The monoisotopic (exact) mass is 272 g/mol. The minimum absolute atomic E-state index is 0.0442. The van der Waals surface area contributed by atoms with Crippen molar-refractivity contribution in [2.75, 3.05) is 6.26 Å². The highest BCUT2D eigenvalue weighted by molar-refractivity contribution is 7.98. The number of thioether (sulfide) groups is 1. The molecule has 0 saturated carbocycles. The normalized spacial score (nSPS) is 10.2. The Hall–Kier alpha value is -1.81. The van der Waals surface area contributed by atoms with E-state index in [4.69, 9.17) is 0 Å². The van der Waals surface area contributed by atoms with E-state index < -0.39 is 0 Å². The van der Waals surface area contributed by atoms with Crippen molar-refractivity contribution in [3.05, 3.63) is 59.4 Å². The largest absolute Gasteiger partial charge is 0.348 e. The van der Waals surface area contributed by atoms with E-state index in [0.29, 0.717) is 6.54 Å². The number of pyridine rings is 1. The molecule has 2 aromatic rings. The SMILES string of the molecule is CSc1ccc(C)c(C(=O)NCc2cccnc2)c1. The number of hydrogen-bond donors (Lipinski definition) is 1. The fourth-order valence-corrected chi connectivity index (χ4v) is 2.19. The summed E-state index contributed by atoms with van der Waals surface area (Å²) in [6, 6.07) is 9.74. The molecule has 0 bridgehead atoms. The van der Waals surface area contributed by atoms with Crippen molar-refractivity contribution in [2.45, 2.75) is 18.4 Å². The van der Waals surface area contributed by atoms with E-state index in [1.165, 1.54) is 0 Å². The summed E-state index contributed by atoms with van der Waals surface area (Å²) in [6.07, 6.45) is 5.48. The van der Waals surface area contributed by atoms with Crippen LogP contribution in [0.1, 0.15) is 21.5 Å². The number of aromatic nitrogens is 1. The molecule has 0 radical (unpaired) electrons. The molecule has 0 aliphatic carbocycles. The minimum Gasteiger partial charge on any atom is -0.348 e. The van der Waals surface area contributed by atoms with Crippen LogP contribution in [0.25, 0.3) is 0 Å². The molecule has 3 nitrogen and oxygen atoms in total. The van der Waals surface area contributed by atoms with Gasteiger partial charge in [0.05, 0.1) is 0 Å². The summed E-state index contributed by atoms with van der Waals surface area (Å²) in [5.74, 6) is -0.0442. The van der Waals surface area contributed by atoms with E-state index >= 15 is 0 Å². The number of carbonyl (C=O) groups excluding carboxylic acids is 1. The number of nitrogens with one attached hydrogen (secondary N) is 1. The Morgan fingerprint density at radius 3 is 2.89 bits per heavy atom. The molecule has 1 aromatic carbocycles. The fourth-order valence-electron chi connectivity index (χ4n) is 1.75. The van der Waals surface area contributed by atoms with Crippen molar-refractivity contribution < 1.29 is 4.79 Å². The Kier molecular flexibility index (Phi) is 4.58. The van der Waals surface area contributed by atoms with Gasteiger partial charge in [0.25, 0.3) is 5.91 Å². The van der Waals surface area contributed by atoms with Crippen LogP contribution in [-0.4, -0.2) is 17.1 Å². The molecule has 1 heterocycles. The summed E-state index contributed by atoms with van der Waals surface area (Å²) in [7, 11) is 0. The molecule has 98 valence electrons. The molecule has 1 N–H and O–H groups in total. The highest BCUT2D eigenvalue weighted by Gasteiger charge is 2.09. The lowest BCUT2D eigenvalue weighted by molar-refractivity contribution is 0.0950. The summed E-state index contributed by atoms with van der Waals surface area (Å²) in [5.41, 5.74) is 2.71.